The standard InChI is InChI=1S/C27H33N5O3/c1-27(2)14-22(33)20-8-3-17(13-23(20)35-27)21-15-28-25-24(21)26(30-16-29-25)31-18-4-6-19(7-5-18)32-9-11-34-12-10-32/h3,8,13,15-16,18-19H,4-7,9-12,14H2,1-2H3,(H2,28,29,30,31). The average Bonchev–Trinajstić information content (AvgIpc) is 3.29. The fourth-order valence-electron chi connectivity index (χ4n) is 5.84. The molecule has 0 radical (unpaired) electrons. The van der Waals surface area contributed by atoms with Gasteiger partial charge >= 0.3 is 0 Å². The zero-order valence-corrected chi connectivity index (χ0v) is 20.5. The molecule has 1 aliphatic carbocycles. The molecule has 1 aromatic carbocycles. The van der Waals surface area contributed by atoms with Crippen molar-refractivity contribution in [2.24, 2.45) is 0 Å². The zero-order valence-electron chi connectivity index (χ0n) is 20.5. The van der Waals surface area contributed by atoms with Gasteiger partial charge < -0.3 is 19.8 Å². The van der Waals surface area contributed by atoms with Crippen molar-refractivity contribution in [2.75, 3.05) is 31.6 Å². The van der Waals surface area contributed by atoms with E-state index in [9.17, 15) is 4.79 Å². The van der Waals surface area contributed by atoms with E-state index in [1.165, 1.54) is 12.8 Å². The molecule has 8 heteroatoms. The largest absolute Gasteiger partial charge is 0.487 e. The Balaban J connectivity index is 1.25. The molecule has 8 nitrogen and oxygen atoms in total. The Morgan fingerprint density at radius 1 is 1.09 bits per heavy atom. The molecule has 4 heterocycles. The van der Waals surface area contributed by atoms with Crippen LogP contribution in [0.15, 0.2) is 30.7 Å². The lowest BCUT2D eigenvalue weighted by molar-refractivity contribution is 0.00791. The molecular formula is C27H33N5O3. The van der Waals surface area contributed by atoms with Gasteiger partial charge in [-0.3, -0.25) is 9.69 Å². The van der Waals surface area contributed by atoms with Crippen LogP contribution in [0.2, 0.25) is 0 Å². The number of aromatic nitrogens is 3. The molecule has 0 unspecified atom stereocenters. The van der Waals surface area contributed by atoms with Crippen LogP contribution in [0, 0.1) is 0 Å². The minimum atomic E-state index is -0.501. The van der Waals surface area contributed by atoms with Crippen LogP contribution >= 0.6 is 0 Å². The number of morpholine rings is 1. The summed E-state index contributed by atoms with van der Waals surface area (Å²) in [6.45, 7) is 7.72. The van der Waals surface area contributed by atoms with Crippen molar-refractivity contribution in [3.05, 3.63) is 36.3 Å². The third-order valence-electron chi connectivity index (χ3n) is 7.64. The van der Waals surface area contributed by atoms with Gasteiger partial charge in [-0.15, -0.1) is 0 Å². The van der Waals surface area contributed by atoms with Gasteiger partial charge in [-0.25, -0.2) is 9.97 Å². The van der Waals surface area contributed by atoms with E-state index in [4.69, 9.17) is 9.47 Å². The molecule has 0 amide bonds. The molecule has 0 bridgehead atoms. The number of nitrogens with zero attached hydrogens (tertiary/aromatic N) is 3. The number of fused-ring (bicyclic) bond motifs is 2. The van der Waals surface area contributed by atoms with Crippen molar-refractivity contribution in [3.63, 3.8) is 0 Å². The van der Waals surface area contributed by atoms with Crippen LogP contribution in [0.3, 0.4) is 0 Å². The first-order valence-corrected chi connectivity index (χ1v) is 12.7. The van der Waals surface area contributed by atoms with Crippen LogP contribution in [0.25, 0.3) is 22.2 Å². The van der Waals surface area contributed by atoms with Crippen LogP contribution in [-0.4, -0.2) is 69.6 Å². The molecule has 0 atom stereocenters. The van der Waals surface area contributed by atoms with Crippen molar-refractivity contribution in [1.29, 1.82) is 0 Å². The van der Waals surface area contributed by atoms with Gasteiger partial charge in [-0.1, -0.05) is 6.07 Å². The van der Waals surface area contributed by atoms with E-state index >= 15 is 0 Å². The number of carbonyl (C=O) groups excluding carboxylic acids is 1. The van der Waals surface area contributed by atoms with Crippen molar-refractivity contribution < 1.29 is 14.3 Å². The first-order valence-electron chi connectivity index (χ1n) is 12.7. The number of ether oxygens (including phenoxy) is 2. The highest BCUT2D eigenvalue weighted by molar-refractivity contribution is 6.04. The van der Waals surface area contributed by atoms with Gasteiger partial charge in [-0.05, 0) is 57.2 Å². The van der Waals surface area contributed by atoms with Crippen LogP contribution in [0.5, 0.6) is 5.75 Å². The molecule has 3 aliphatic rings. The number of hydrogen-bond donors (Lipinski definition) is 2. The fraction of sp³-hybridized carbons (Fsp3) is 0.519. The summed E-state index contributed by atoms with van der Waals surface area (Å²) in [4.78, 5) is 27.6. The molecule has 2 fully saturated rings. The van der Waals surface area contributed by atoms with Crippen molar-refractivity contribution in [2.45, 2.75) is 63.6 Å². The van der Waals surface area contributed by atoms with Crippen LogP contribution in [0.1, 0.15) is 56.3 Å². The molecule has 35 heavy (non-hydrogen) atoms. The maximum atomic E-state index is 12.6. The Bertz CT molecular complexity index is 1240. The highest BCUT2D eigenvalue weighted by Gasteiger charge is 2.33. The fourth-order valence-corrected chi connectivity index (χ4v) is 5.84. The number of H-pyrrole nitrogens is 1. The number of rotatable bonds is 4. The van der Waals surface area contributed by atoms with Gasteiger partial charge in [0.1, 0.15) is 29.1 Å². The predicted octanol–water partition coefficient (Wildman–Crippen LogP) is 4.42. The van der Waals surface area contributed by atoms with Crippen molar-refractivity contribution in [1.82, 2.24) is 19.9 Å². The van der Waals surface area contributed by atoms with E-state index in [2.05, 4.69) is 25.2 Å². The summed E-state index contributed by atoms with van der Waals surface area (Å²) < 4.78 is 11.7. The summed E-state index contributed by atoms with van der Waals surface area (Å²) in [6.07, 6.45) is 8.60. The highest BCUT2D eigenvalue weighted by Crippen LogP contribution is 2.39. The van der Waals surface area contributed by atoms with Gasteiger partial charge in [-0.2, -0.15) is 0 Å². The highest BCUT2D eigenvalue weighted by atomic mass is 16.5. The summed E-state index contributed by atoms with van der Waals surface area (Å²) in [5.74, 6) is 1.63. The molecule has 6 rings (SSSR count). The minimum Gasteiger partial charge on any atom is -0.487 e. The Labute approximate surface area is 205 Å². The Kier molecular flexibility index (Phi) is 5.73. The normalized spacial score (nSPS) is 24.7. The third-order valence-corrected chi connectivity index (χ3v) is 7.64. The second-order valence-electron chi connectivity index (χ2n) is 10.6. The van der Waals surface area contributed by atoms with Gasteiger partial charge in [0.25, 0.3) is 0 Å². The first kappa shape index (κ1) is 22.5. The van der Waals surface area contributed by atoms with Crippen LogP contribution in [0.4, 0.5) is 5.82 Å². The van der Waals surface area contributed by atoms with Crippen LogP contribution < -0.4 is 10.1 Å². The lowest BCUT2D eigenvalue weighted by atomic mass is 9.89. The number of aromatic amines is 1. The van der Waals surface area contributed by atoms with E-state index in [0.717, 1.165) is 67.1 Å². The zero-order chi connectivity index (χ0) is 24.0. The quantitative estimate of drug-likeness (QED) is 0.577. The molecule has 0 spiro atoms. The molecule has 2 aliphatic heterocycles. The van der Waals surface area contributed by atoms with E-state index in [-0.39, 0.29) is 5.78 Å². The Morgan fingerprint density at radius 3 is 2.69 bits per heavy atom. The van der Waals surface area contributed by atoms with Gasteiger partial charge in [0.05, 0.1) is 30.6 Å². The van der Waals surface area contributed by atoms with E-state index < -0.39 is 5.60 Å². The molecule has 2 aromatic heterocycles. The smallest absolute Gasteiger partial charge is 0.170 e. The average molecular weight is 476 g/mol. The lowest BCUT2D eigenvalue weighted by Gasteiger charge is -2.39. The molecule has 3 aromatic rings. The van der Waals surface area contributed by atoms with Crippen LogP contribution in [-0.2, 0) is 4.74 Å². The maximum absolute atomic E-state index is 12.6. The SMILES string of the molecule is CC1(C)CC(=O)c2ccc(-c3c[nH]c4ncnc(NC5CCC(N6CCOCC6)CC5)c34)cc2O1. The van der Waals surface area contributed by atoms with Gasteiger partial charge in [0, 0.05) is 36.9 Å². The van der Waals surface area contributed by atoms with Gasteiger partial charge in [0.15, 0.2) is 5.78 Å². The topological polar surface area (TPSA) is 92.4 Å². The monoisotopic (exact) mass is 475 g/mol. The lowest BCUT2D eigenvalue weighted by Crippen LogP contribution is -2.46. The van der Waals surface area contributed by atoms with E-state index in [0.29, 0.717) is 29.8 Å². The first-order chi connectivity index (χ1) is 17.0. The maximum Gasteiger partial charge on any atom is 0.170 e. The predicted molar refractivity (Wildman–Crippen MR) is 135 cm³/mol. The second kappa shape index (κ2) is 8.91. The van der Waals surface area contributed by atoms with Crippen molar-refractivity contribution in [3.8, 4) is 16.9 Å². The number of carbonyl (C=O) groups is 1. The van der Waals surface area contributed by atoms with Gasteiger partial charge in [0.2, 0.25) is 0 Å². The third kappa shape index (κ3) is 4.41. The number of hydrogen-bond acceptors (Lipinski definition) is 7. The summed E-state index contributed by atoms with van der Waals surface area (Å²) in [5.41, 5.74) is 2.94. The van der Waals surface area contributed by atoms with E-state index in [1.807, 2.05) is 38.2 Å². The van der Waals surface area contributed by atoms with Crippen molar-refractivity contribution >= 4 is 22.6 Å². The summed E-state index contributed by atoms with van der Waals surface area (Å²) in [5, 5.41) is 4.70. The van der Waals surface area contributed by atoms with E-state index in [1.54, 1.807) is 6.33 Å². The Morgan fingerprint density at radius 2 is 1.89 bits per heavy atom. The molecule has 2 N–H and O–H groups in total. The molecular weight excluding hydrogens is 442 g/mol. The molecule has 1 saturated carbocycles. The Hall–Kier alpha value is -2.97. The second-order valence-corrected chi connectivity index (χ2v) is 10.6. The number of anilines is 1. The summed E-state index contributed by atoms with van der Waals surface area (Å²) >= 11 is 0. The molecule has 184 valence electrons. The summed E-state index contributed by atoms with van der Waals surface area (Å²) in [6, 6.07) is 6.89. The minimum absolute atomic E-state index is 0.125. The molecule has 1 saturated heterocycles. The number of Topliss-reactive ketones (excluding diaryl/α,β-unsaturated/α-hetero) is 1. The number of ketones is 1. The summed E-state index contributed by atoms with van der Waals surface area (Å²) in [7, 11) is 0. The number of benzene rings is 1. The number of nitrogens with one attached hydrogen (secondary N) is 2.